The summed E-state index contributed by atoms with van der Waals surface area (Å²) in [5.41, 5.74) is 6.63. The molecule has 0 radical (unpaired) electrons. The topological polar surface area (TPSA) is 105 Å². The maximum atomic E-state index is 11.7. The first-order chi connectivity index (χ1) is 22.6. The second-order valence-corrected chi connectivity index (χ2v) is 13.0. The van der Waals surface area contributed by atoms with E-state index in [1.165, 1.54) is 38.2 Å². The molecule has 1 heterocycles. The molecule has 0 saturated heterocycles. The molecule has 3 atom stereocenters. The summed E-state index contributed by atoms with van der Waals surface area (Å²) >= 11 is 0. The Kier molecular flexibility index (Phi) is 13.1. The average molecular weight is 638 g/mol. The van der Waals surface area contributed by atoms with Crippen molar-refractivity contribution in [3.8, 4) is 45.7 Å². The number of carbonyl (C=O) groups is 1. The number of benzene rings is 3. The molecule has 0 aliphatic heterocycles. The molecule has 0 amide bonds. The highest BCUT2D eigenvalue weighted by Gasteiger charge is 2.28. The van der Waals surface area contributed by atoms with Crippen molar-refractivity contribution in [1.82, 2.24) is 15.0 Å². The van der Waals surface area contributed by atoms with E-state index in [4.69, 9.17) is 19.7 Å². The second-order valence-electron chi connectivity index (χ2n) is 13.0. The van der Waals surface area contributed by atoms with Gasteiger partial charge in [-0.1, -0.05) is 99.4 Å². The van der Waals surface area contributed by atoms with Gasteiger partial charge in [0.05, 0.1) is 11.7 Å². The number of aryl methyl sites for hydroxylation is 4. The van der Waals surface area contributed by atoms with Gasteiger partial charge in [0.15, 0.2) is 17.5 Å². The summed E-state index contributed by atoms with van der Waals surface area (Å²) in [6.07, 6.45) is 8.83. The van der Waals surface area contributed by atoms with Gasteiger partial charge >= 0.3 is 0 Å². The van der Waals surface area contributed by atoms with Crippen molar-refractivity contribution in [3.63, 3.8) is 0 Å². The molecule has 1 aromatic heterocycles. The summed E-state index contributed by atoms with van der Waals surface area (Å²) in [4.78, 5) is 26.2. The number of rotatable bonds is 17. The molecule has 7 nitrogen and oxygen atoms in total. The van der Waals surface area contributed by atoms with Crippen molar-refractivity contribution in [3.05, 3.63) is 76.9 Å². The van der Waals surface area contributed by atoms with Crippen molar-refractivity contribution < 1.29 is 19.7 Å². The third kappa shape index (κ3) is 9.71. The van der Waals surface area contributed by atoms with Crippen LogP contribution in [0.5, 0.6) is 11.5 Å². The summed E-state index contributed by atoms with van der Waals surface area (Å²) in [5, 5.41) is 22.0. The summed E-state index contributed by atoms with van der Waals surface area (Å²) in [5.74, 6) is 1.57. The van der Waals surface area contributed by atoms with Crippen LogP contribution in [0, 0.1) is 33.6 Å². The smallest absolute Gasteiger partial charge is 0.167 e. The fraction of sp³-hybridized carbons (Fsp3) is 0.450. The molecular formula is C40H51N3O4. The molecule has 47 heavy (non-hydrogen) atoms. The largest absolute Gasteiger partial charge is 0.507 e. The number of aldehydes is 1. The summed E-state index contributed by atoms with van der Waals surface area (Å²) in [7, 11) is 0. The van der Waals surface area contributed by atoms with Gasteiger partial charge in [-0.05, 0) is 64.3 Å². The number of unbranched alkanes of at least 4 members (excludes halogenated alkanes) is 6. The number of ether oxygens (including phenoxy) is 1. The number of aromatic nitrogens is 3. The zero-order valence-corrected chi connectivity index (χ0v) is 28.9. The lowest BCUT2D eigenvalue weighted by Crippen LogP contribution is -2.35. The van der Waals surface area contributed by atoms with Crippen LogP contribution in [-0.4, -0.2) is 43.7 Å². The van der Waals surface area contributed by atoms with Crippen LogP contribution in [0.2, 0.25) is 0 Å². The Morgan fingerprint density at radius 3 is 1.72 bits per heavy atom. The van der Waals surface area contributed by atoms with Crippen LogP contribution in [0.1, 0.15) is 93.9 Å². The lowest BCUT2D eigenvalue weighted by Gasteiger charge is -2.29. The SMILES string of the molecule is CCCCCCCCCC(C(C)O)C(CC=O)Oc1ccc(-c2nc(-c3ccc(C)cc3C)nc(-c3ccc(C)cc3C)n2)c(O)c1. The number of nitrogens with zero attached hydrogens (tertiary/aromatic N) is 3. The Morgan fingerprint density at radius 2 is 1.23 bits per heavy atom. The first kappa shape index (κ1) is 35.7. The van der Waals surface area contributed by atoms with Crippen LogP contribution < -0.4 is 4.74 Å². The Hall–Kier alpha value is -4.10. The number of hydrogen-bond acceptors (Lipinski definition) is 7. The van der Waals surface area contributed by atoms with E-state index in [1.54, 1.807) is 19.1 Å². The van der Waals surface area contributed by atoms with Gasteiger partial charge < -0.3 is 19.7 Å². The Morgan fingerprint density at radius 1 is 0.723 bits per heavy atom. The van der Waals surface area contributed by atoms with Gasteiger partial charge in [-0.25, -0.2) is 15.0 Å². The maximum absolute atomic E-state index is 11.7. The number of phenols is 1. The van der Waals surface area contributed by atoms with Crippen LogP contribution in [0.4, 0.5) is 0 Å². The molecule has 3 aromatic carbocycles. The van der Waals surface area contributed by atoms with E-state index in [-0.39, 0.29) is 18.1 Å². The van der Waals surface area contributed by atoms with Gasteiger partial charge in [0.25, 0.3) is 0 Å². The number of aromatic hydroxyl groups is 1. The minimum absolute atomic E-state index is 0.0441. The highest BCUT2D eigenvalue weighted by atomic mass is 16.5. The van der Waals surface area contributed by atoms with Crippen LogP contribution in [0.15, 0.2) is 54.6 Å². The predicted molar refractivity (Wildman–Crippen MR) is 190 cm³/mol. The zero-order valence-electron chi connectivity index (χ0n) is 28.9. The normalized spacial score (nSPS) is 13.3. The first-order valence-corrected chi connectivity index (χ1v) is 17.1. The Bertz CT molecular complexity index is 1560. The van der Waals surface area contributed by atoms with Crippen molar-refractivity contribution >= 4 is 6.29 Å². The van der Waals surface area contributed by atoms with Crippen molar-refractivity contribution in [1.29, 1.82) is 0 Å². The molecule has 4 rings (SSSR count). The summed E-state index contributed by atoms with van der Waals surface area (Å²) in [6, 6.07) is 17.4. The number of phenolic OH excluding ortho intramolecular Hbond substituents is 1. The molecule has 0 spiro atoms. The lowest BCUT2D eigenvalue weighted by atomic mass is 9.89. The third-order valence-electron chi connectivity index (χ3n) is 8.95. The fourth-order valence-corrected chi connectivity index (χ4v) is 6.29. The molecule has 250 valence electrons. The van der Waals surface area contributed by atoms with E-state index in [9.17, 15) is 15.0 Å². The standard InChI is InChI=1S/C40H51N3O4/c1-7-8-9-10-11-12-13-14-34(30(6)45)37(21-22-44)47-31-17-20-35(36(46)25-31)40-42-38(32-18-15-26(2)23-28(32)4)41-39(43-40)33-19-16-27(3)24-29(33)5/h15-20,22-25,30,34,37,45-46H,7-14,21H2,1-6H3. The predicted octanol–water partition coefficient (Wildman–Crippen LogP) is 9.29. The van der Waals surface area contributed by atoms with E-state index in [1.807, 2.05) is 38.1 Å². The van der Waals surface area contributed by atoms with Gasteiger partial charge in [0.2, 0.25) is 0 Å². The van der Waals surface area contributed by atoms with Gasteiger partial charge in [-0.2, -0.15) is 0 Å². The number of aliphatic hydroxyl groups is 1. The Balaban J connectivity index is 1.63. The lowest BCUT2D eigenvalue weighted by molar-refractivity contribution is -0.110. The monoisotopic (exact) mass is 637 g/mol. The minimum atomic E-state index is -0.634. The minimum Gasteiger partial charge on any atom is -0.507 e. The van der Waals surface area contributed by atoms with E-state index in [0.29, 0.717) is 28.8 Å². The number of aliphatic hydroxyl groups excluding tert-OH is 1. The van der Waals surface area contributed by atoms with Gasteiger partial charge in [-0.3, -0.25) is 0 Å². The number of hydrogen-bond donors (Lipinski definition) is 2. The van der Waals surface area contributed by atoms with Crippen LogP contribution in [0.3, 0.4) is 0 Å². The van der Waals surface area contributed by atoms with E-state index >= 15 is 0 Å². The van der Waals surface area contributed by atoms with E-state index in [2.05, 4.69) is 32.9 Å². The van der Waals surface area contributed by atoms with Crippen LogP contribution >= 0.6 is 0 Å². The molecular weight excluding hydrogens is 586 g/mol. The number of carbonyl (C=O) groups excluding carboxylic acids is 1. The second kappa shape index (κ2) is 17.2. The van der Waals surface area contributed by atoms with E-state index < -0.39 is 12.2 Å². The van der Waals surface area contributed by atoms with Gasteiger partial charge in [0, 0.05) is 29.5 Å². The Labute approximate surface area is 280 Å². The molecule has 0 bridgehead atoms. The van der Waals surface area contributed by atoms with Crippen molar-refractivity contribution in [2.75, 3.05) is 0 Å². The van der Waals surface area contributed by atoms with E-state index in [0.717, 1.165) is 58.9 Å². The molecule has 3 unspecified atom stereocenters. The maximum Gasteiger partial charge on any atom is 0.167 e. The van der Waals surface area contributed by atoms with Gasteiger partial charge in [-0.15, -0.1) is 0 Å². The van der Waals surface area contributed by atoms with Crippen LogP contribution in [-0.2, 0) is 4.79 Å². The average Bonchev–Trinajstić information content (AvgIpc) is 3.02. The van der Waals surface area contributed by atoms with Crippen molar-refractivity contribution in [2.45, 2.75) is 112 Å². The molecule has 0 aliphatic rings. The molecule has 2 N–H and O–H groups in total. The molecule has 4 aromatic rings. The first-order valence-electron chi connectivity index (χ1n) is 17.1. The summed E-state index contributed by atoms with van der Waals surface area (Å²) < 4.78 is 6.30. The highest BCUT2D eigenvalue weighted by Crippen LogP contribution is 2.35. The fourth-order valence-electron chi connectivity index (χ4n) is 6.29. The van der Waals surface area contributed by atoms with Crippen molar-refractivity contribution in [2.24, 2.45) is 5.92 Å². The molecule has 0 aliphatic carbocycles. The highest BCUT2D eigenvalue weighted by molar-refractivity contribution is 5.72. The van der Waals surface area contributed by atoms with Crippen LogP contribution in [0.25, 0.3) is 34.2 Å². The summed E-state index contributed by atoms with van der Waals surface area (Å²) in [6.45, 7) is 12.2. The van der Waals surface area contributed by atoms with Gasteiger partial charge in [0.1, 0.15) is 23.9 Å². The molecule has 0 saturated carbocycles. The third-order valence-corrected chi connectivity index (χ3v) is 8.95. The molecule has 0 fully saturated rings. The quantitative estimate of drug-likeness (QED) is 0.0878. The molecule has 7 heteroatoms. The zero-order chi connectivity index (χ0) is 33.9.